The quantitative estimate of drug-likeness (QED) is 0.448. The van der Waals surface area contributed by atoms with Crippen molar-refractivity contribution in [1.82, 2.24) is 0 Å². The number of halogens is 9. The van der Waals surface area contributed by atoms with Gasteiger partial charge in [0.15, 0.2) is 5.84 Å². The lowest BCUT2D eigenvalue weighted by molar-refractivity contribution is -0.249. The second-order valence-corrected chi connectivity index (χ2v) is 4.47. The first-order chi connectivity index (χ1) is 10.2. The number of amidine groups is 1. The van der Waals surface area contributed by atoms with E-state index in [-0.39, 0.29) is 12.1 Å². The fourth-order valence-corrected chi connectivity index (χ4v) is 1.60. The van der Waals surface area contributed by atoms with Gasteiger partial charge in [0, 0.05) is 0 Å². The van der Waals surface area contributed by atoms with Crippen LogP contribution < -0.4 is 5.32 Å². The molecule has 0 fully saturated rings. The highest BCUT2D eigenvalue weighted by atomic mass is 35.5. The van der Waals surface area contributed by atoms with Crippen LogP contribution in [-0.2, 0) is 6.18 Å². The largest absolute Gasteiger partial charge is 0.461 e. The van der Waals surface area contributed by atoms with E-state index < -0.39 is 45.9 Å². The van der Waals surface area contributed by atoms with Crippen LogP contribution in [0, 0.1) is 16.7 Å². The number of hydrogen-bond donors (Lipinski definition) is 2. The number of nitrogens with one attached hydrogen (secondary N) is 2. The predicted octanol–water partition coefficient (Wildman–Crippen LogP) is 4.82. The van der Waals surface area contributed by atoms with Gasteiger partial charge in [0.25, 0.3) is 0 Å². The van der Waals surface area contributed by atoms with E-state index in [0.717, 1.165) is 0 Å². The van der Waals surface area contributed by atoms with Gasteiger partial charge in [-0.3, -0.25) is 5.41 Å². The molecule has 0 spiro atoms. The summed E-state index contributed by atoms with van der Waals surface area (Å²) in [5.74, 6) is -7.99. The Morgan fingerprint density at radius 1 is 1.09 bits per heavy atom. The molecule has 0 bridgehead atoms. The fourth-order valence-electron chi connectivity index (χ4n) is 1.33. The van der Waals surface area contributed by atoms with E-state index >= 15 is 0 Å². The summed E-state index contributed by atoms with van der Waals surface area (Å²) >= 11 is 5.39. The first kappa shape index (κ1) is 19.0. The molecule has 0 unspecified atom stereocenters. The zero-order valence-electron chi connectivity index (χ0n) is 10.5. The molecule has 0 aromatic heterocycles. The Balaban J connectivity index is 3.31. The molecule has 0 saturated carbocycles. The van der Waals surface area contributed by atoms with Gasteiger partial charge in [-0.25, -0.2) is 0 Å². The maximum Gasteiger partial charge on any atom is 0.461 e. The molecule has 0 aliphatic carbocycles. The van der Waals surface area contributed by atoms with Gasteiger partial charge < -0.3 is 5.32 Å². The Morgan fingerprint density at radius 3 is 2.00 bits per heavy atom. The van der Waals surface area contributed by atoms with Crippen LogP contribution in [0.15, 0.2) is 12.1 Å². The topological polar surface area (TPSA) is 59.7 Å². The van der Waals surface area contributed by atoms with Gasteiger partial charge in [0.2, 0.25) is 0 Å². The van der Waals surface area contributed by atoms with Crippen LogP contribution in [0.5, 0.6) is 0 Å². The molecular formula is C11H4ClF8N3. The number of nitrogens with zero attached hydrogens (tertiary/aromatic N) is 1. The number of benzene rings is 1. The van der Waals surface area contributed by atoms with Crippen molar-refractivity contribution < 1.29 is 35.1 Å². The minimum absolute atomic E-state index is 0.202. The molecule has 2 N–H and O–H groups in total. The summed E-state index contributed by atoms with van der Waals surface area (Å²) in [4.78, 5) is 0. The SMILES string of the molecule is N#Cc1cc(C(F)(F)F)cc(Cl)c1NC(=N)C(F)(F)C(F)(F)F. The average Bonchev–Trinajstić information content (AvgIpc) is 2.37. The maximum atomic E-state index is 12.9. The second-order valence-electron chi connectivity index (χ2n) is 4.06. The molecule has 0 aliphatic rings. The van der Waals surface area contributed by atoms with Crippen LogP contribution in [0.1, 0.15) is 11.1 Å². The van der Waals surface area contributed by atoms with E-state index in [2.05, 4.69) is 0 Å². The molecule has 12 heteroatoms. The number of anilines is 1. The van der Waals surface area contributed by atoms with Crippen molar-refractivity contribution >= 4 is 23.1 Å². The summed E-state index contributed by atoms with van der Waals surface area (Å²) in [6.07, 6.45) is -11.0. The Labute approximate surface area is 128 Å². The molecule has 1 aromatic carbocycles. The van der Waals surface area contributed by atoms with Crippen LogP contribution >= 0.6 is 11.6 Å². The monoisotopic (exact) mass is 365 g/mol. The molecule has 0 amide bonds. The second kappa shape index (κ2) is 5.84. The lowest BCUT2D eigenvalue weighted by Gasteiger charge is -2.22. The first-order valence-electron chi connectivity index (χ1n) is 5.33. The van der Waals surface area contributed by atoms with Crippen LogP contribution in [0.2, 0.25) is 5.02 Å². The molecule has 126 valence electrons. The summed E-state index contributed by atoms with van der Waals surface area (Å²) in [6, 6.07) is 1.60. The predicted molar refractivity (Wildman–Crippen MR) is 63.5 cm³/mol. The van der Waals surface area contributed by atoms with Crippen molar-refractivity contribution in [2.24, 2.45) is 0 Å². The zero-order chi connectivity index (χ0) is 18.2. The number of rotatable bonds is 2. The van der Waals surface area contributed by atoms with E-state index in [1.807, 2.05) is 0 Å². The molecule has 0 atom stereocenters. The minimum atomic E-state index is -6.11. The molecule has 0 aliphatic heterocycles. The highest BCUT2D eigenvalue weighted by Gasteiger charge is 2.61. The van der Waals surface area contributed by atoms with E-state index in [1.54, 1.807) is 0 Å². The van der Waals surface area contributed by atoms with Crippen LogP contribution in [-0.4, -0.2) is 17.9 Å². The van der Waals surface area contributed by atoms with Gasteiger partial charge in [0.05, 0.1) is 21.8 Å². The Morgan fingerprint density at radius 2 is 1.61 bits per heavy atom. The summed E-state index contributed by atoms with van der Waals surface area (Å²) < 4.78 is 99.8. The Bertz CT molecular complexity index is 672. The van der Waals surface area contributed by atoms with E-state index in [1.165, 1.54) is 11.4 Å². The highest BCUT2D eigenvalue weighted by molar-refractivity contribution is 6.34. The number of hydrogen-bond acceptors (Lipinski definition) is 2. The molecule has 0 heterocycles. The van der Waals surface area contributed by atoms with E-state index in [9.17, 15) is 35.1 Å². The van der Waals surface area contributed by atoms with Gasteiger partial charge in [-0.05, 0) is 12.1 Å². The van der Waals surface area contributed by atoms with Crippen molar-refractivity contribution in [1.29, 1.82) is 10.7 Å². The Kier molecular flexibility index (Phi) is 4.82. The Hall–Kier alpha value is -2.09. The smallest absolute Gasteiger partial charge is 0.337 e. The lowest BCUT2D eigenvalue weighted by atomic mass is 10.1. The molecule has 23 heavy (non-hydrogen) atoms. The molecule has 1 aromatic rings. The fraction of sp³-hybridized carbons (Fsp3) is 0.273. The molecule has 3 nitrogen and oxygen atoms in total. The van der Waals surface area contributed by atoms with Gasteiger partial charge in [-0.15, -0.1) is 0 Å². The standard InChI is InChI=1S/C11H4ClF8N3/c12-6-2-5(10(15,16)17)1-4(3-21)7(6)23-8(22)9(13,14)11(18,19)20/h1-2H,(H2,22,23). The third-order valence-corrected chi connectivity index (χ3v) is 2.76. The van der Waals surface area contributed by atoms with Crippen molar-refractivity contribution in [2.45, 2.75) is 18.3 Å². The maximum absolute atomic E-state index is 12.9. The summed E-state index contributed by atoms with van der Waals surface area (Å²) in [7, 11) is 0. The van der Waals surface area contributed by atoms with Gasteiger partial charge >= 0.3 is 18.3 Å². The molecule has 0 saturated heterocycles. The van der Waals surface area contributed by atoms with Crippen LogP contribution in [0.4, 0.5) is 40.8 Å². The summed E-state index contributed by atoms with van der Waals surface area (Å²) in [6.45, 7) is 0. The third kappa shape index (κ3) is 3.82. The van der Waals surface area contributed by atoms with Gasteiger partial charge in [-0.1, -0.05) is 11.6 Å². The molecule has 1 rings (SSSR count). The number of alkyl halides is 8. The van der Waals surface area contributed by atoms with Crippen LogP contribution in [0.3, 0.4) is 0 Å². The van der Waals surface area contributed by atoms with Crippen molar-refractivity contribution in [3.05, 3.63) is 28.3 Å². The molecule has 0 radical (unpaired) electrons. The van der Waals surface area contributed by atoms with Gasteiger partial charge in [0.1, 0.15) is 6.07 Å². The highest BCUT2D eigenvalue weighted by Crippen LogP contribution is 2.39. The number of nitriles is 1. The zero-order valence-corrected chi connectivity index (χ0v) is 11.3. The lowest BCUT2D eigenvalue weighted by Crippen LogP contribution is -2.47. The third-order valence-electron chi connectivity index (χ3n) is 2.46. The summed E-state index contributed by atoms with van der Waals surface area (Å²) in [5.41, 5.74) is -3.32. The normalized spacial score (nSPS) is 12.7. The van der Waals surface area contributed by atoms with Crippen molar-refractivity contribution in [2.75, 3.05) is 5.32 Å². The van der Waals surface area contributed by atoms with E-state index in [4.69, 9.17) is 22.3 Å². The average molecular weight is 366 g/mol. The summed E-state index contributed by atoms with van der Waals surface area (Å²) in [5, 5.41) is 15.8. The first-order valence-corrected chi connectivity index (χ1v) is 5.71. The van der Waals surface area contributed by atoms with Crippen LogP contribution in [0.25, 0.3) is 0 Å². The van der Waals surface area contributed by atoms with Crippen molar-refractivity contribution in [3.63, 3.8) is 0 Å². The molecular weight excluding hydrogens is 362 g/mol. The van der Waals surface area contributed by atoms with E-state index in [0.29, 0.717) is 0 Å². The minimum Gasteiger partial charge on any atom is -0.337 e. The van der Waals surface area contributed by atoms with Crippen molar-refractivity contribution in [3.8, 4) is 6.07 Å². The van der Waals surface area contributed by atoms with Gasteiger partial charge in [-0.2, -0.15) is 40.4 Å².